The van der Waals surface area contributed by atoms with E-state index in [4.69, 9.17) is 11.6 Å². The van der Waals surface area contributed by atoms with Gasteiger partial charge in [-0.3, -0.25) is 9.59 Å². The molecular formula is C19H17ClN4O4. The van der Waals surface area contributed by atoms with Crippen molar-refractivity contribution in [3.8, 4) is 0 Å². The Kier molecular flexibility index (Phi) is 5.90. The zero-order valence-electron chi connectivity index (χ0n) is 14.9. The molecule has 0 unspecified atom stereocenters. The van der Waals surface area contributed by atoms with Crippen molar-refractivity contribution in [2.75, 3.05) is 19.0 Å². The second kappa shape index (κ2) is 8.53. The number of carbonyl (C=O) groups excluding carboxylic acids is 3. The van der Waals surface area contributed by atoms with Gasteiger partial charge in [0.2, 0.25) is 11.2 Å². The number of hydrogen-bond acceptors (Lipinski definition) is 5. The number of benzene rings is 2. The van der Waals surface area contributed by atoms with Crippen molar-refractivity contribution in [1.82, 2.24) is 15.3 Å². The summed E-state index contributed by atoms with van der Waals surface area (Å²) in [4.78, 5) is 42.5. The minimum atomic E-state index is -0.448. The number of amides is 2. The second-order valence-electron chi connectivity index (χ2n) is 5.88. The quantitative estimate of drug-likeness (QED) is 0.550. The van der Waals surface area contributed by atoms with Crippen molar-refractivity contribution < 1.29 is 19.1 Å². The highest BCUT2D eigenvalue weighted by Gasteiger charge is 2.10. The molecule has 2 aromatic carbocycles. The van der Waals surface area contributed by atoms with Gasteiger partial charge in [0.15, 0.2) is 0 Å². The molecule has 0 aliphatic heterocycles. The summed E-state index contributed by atoms with van der Waals surface area (Å²) in [5, 5.41) is 5.64. The first-order valence-electron chi connectivity index (χ1n) is 8.38. The van der Waals surface area contributed by atoms with Crippen LogP contribution in [0.4, 0.5) is 5.69 Å². The smallest absolute Gasteiger partial charge is 0.337 e. The third-order valence-electron chi connectivity index (χ3n) is 3.94. The predicted octanol–water partition coefficient (Wildman–Crippen LogP) is 2.76. The zero-order valence-corrected chi connectivity index (χ0v) is 15.7. The second-order valence-corrected chi connectivity index (χ2v) is 6.24. The van der Waals surface area contributed by atoms with Gasteiger partial charge < -0.3 is 20.4 Å². The summed E-state index contributed by atoms with van der Waals surface area (Å²) in [6.07, 6.45) is 0.0998. The number of nitrogens with zero attached hydrogens (tertiary/aromatic N) is 1. The molecule has 28 heavy (non-hydrogen) atoms. The normalized spacial score (nSPS) is 10.5. The average Bonchev–Trinajstić information content (AvgIpc) is 3.07. The molecule has 0 bridgehead atoms. The van der Waals surface area contributed by atoms with E-state index >= 15 is 0 Å². The molecule has 3 rings (SSSR count). The van der Waals surface area contributed by atoms with Crippen LogP contribution in [0.1, 0.15) is 27.1 Å². The Morgan fingerprint density at radius 1 is 1.11 bits per heavy atom. The fourth-order valence-corrected chi connectivity index (χ4v) is 2.74. The fourth-order valence-electron chi connectivity index (χ4n) is 2.54. The number of esters is 1. The van der Waals surface area contributed by atoms with Crippen molar-refractivity contribution in [1.29, 1.82) is 0 Å². The summed E-state index contributed by atoms with van der Waals surface area (Å²) < 4.78 is 4.62. The van der Waals surface area contributed by atoms with Crippen LogP contribution in [0, 0.1) is 0 Å². The molecule has 8 nitrogen and oxygen atoms in total. The molecule has 0 aliphatic carbocycles. The molecule has 0 saturated carbocycles. The minimum absolute atomic E-state index is 0.0998. The lowest BCUT2D eigenvalue weighted by Gasteiger charge is -2.07. The number of aromatic nitrogens is 2. The van der Waals surface area contributed by atoms with E-state index in [-0.39, 0.29) is 30.1 Å². The summed E-state index contributed by atoms with van der Waals surface area (Å²) in [6.45, 7) is 0.173. The van der Waals surface area contributed by atoms with Gasteiger partial charge >= 0.3 is 5.97 Å². The summed E-state index contributed by atoms with van der Waals surface area (Å²) in [5.41, 5.74) is 2.70. The molecule has 3 aromatic rings. The van der Waals surface area contributed by atoms with E-state index in [2.05, 4.69) is 25.3 Å². The van der Waals surface area contributed by atoms with Crippen molar-refractivity contribution in [2.24, 2.45) is 0 Å². The lowest BCUT2D eigenvalue weighted by molar-refractivity contribution is -0.116. The van der Waals surface area contributed by atoms with E-state index in [0.29, 0.717) is 27.8 Å². The molecule has 144 valence electrons. The highest BCUT2D eigenvalue weighted by molar-refractivity contribution is 6.29. The first-order chi connectivity index (χ1) is 13.5. The van der Waals surface area contributed by atoms with Crippen LogP contribution in [0.3, 0.4) is 0 Å². The molecule has 0 aliphatic rings. The third kappa shape index (κ3) is 4.66. The van der Waals surface area contributed by atoms with Crippen LogP contribution in [-0.4, -0.2) is 41.4 Å². The molecule has 1 heterocycles. The van der Waals surface area contributed by atoms with E-state index in [0.717, 1.165) is 0 Å². The fraction of sp³-hybridized carbons (Fsp3) is 0.158. The van der Waals surface area contributed by atoms with Crippen LogP contribution in [0.15, 0.2) is 42.5 Å². The minimum Gasteiger partial charge on any atom is -0.465 e. The first-order valence-corrected chi connectivity index (χ1v) is 8.76. The van der Waals surface area contributed by atoms with E-state index < -0.39 is 5.97 Å². The molecule has 1 aromatic heterocycles. The van der Waals surface area contributed by atoms with Gasteiger partial charge in [-0.15, -0.1) is 0 Å². The summed E-state index contributed by atoms with van der Waals surface area (Å²) in [7, 11) is 1.30. The Bertz CT molecular complexity index is 1030. The lowest BCUT2D eigenvalue weighted by atomic mass is 10.2. The number of hydrogen-bond donors (Lipinski definition) is 3. The molecule has 0 spiro atoms. The Hall–Kier alpha value is -3.39. The predicted molar refractivity (Wildman–Crippen MR) is 104 cm³/mol. The van der Waals surface area contributed by atoms with Gasteiger partial charge in [0.05, 0.1) is 23.7 Å². The lowest BCUT2D eigenvalue weighted by Crippen LogP contribution is -2.27. The highest BCUT2D eigenvalue weighted by Crippen LogP contribution is 2.16. The molecule has 0 saturated heterocycles. The van der Waals surface area contributed by atoms with Gasteiger partial charge in [-0.1, -0.05) is 0 Å². The van der Waals surface area contributed by atoms with Gasteiger partial charge in [0, 0.05) is 24.2 Å². The monoisotopic (exact) mass is 400 g/mol. The average molecular weight is 401 g/mol. The number of ether oxygens (including phenoxy) is 1. The maximum atomic E-state index is 12.2. The van der Waals surface area contributed by atoms with Gasteiger partial charge in [-0.2, -0.15) is 0 Å². The van der Waals surface area contributed by atoms with E-state index in [1.807, 2.05) is 0 Å². The number of aromatic amines is 1. The number of methoxy groups -OCH3 is 1. The Balaban J connectivity index is 1.48. The topological polar surface area (TPSA) is 113 Å². The van der Waals surface area contributed by atoms with E-state index in [1.165, 1.54) is 7.11 Å². The standard InChI is InChI=1S/C19H17ClN4O4/c1-28-18(27)11-2-5-13(6-3-11)22-16(25)8-9-21-17(26)12-4-7-14-15(10-12)24-19(20)23-14/h2-7,10H,8-9H2,1H3,(H,21,26)(H,22,25)(H,23,24). The molecule has 3 N–H and O–H groups in total. The van der Waals surface area contributed by atoms with Crippen molar-refractivity contribution in [3.63, 3.8) is 0 Å². The first kappa shape index (κ1) is 19.4. The van der Waals surface area contributed by atoms with Crippen LogP contribution in [0.2, 0.25) is 5.28 Å². The van der Waals surface area contributed by atoms with Crippen LogP contribution >= 0.6 is 11.6 Å². The summed E-state index contributed by atoms with van der Waals surface area (Å²) in [6, 6.07) is 11.3. The zero-order chi connectivity index (χ0) is 20.1. The number of anilines is 1. The summed E-state index contributed by atoms with van der Waals surface area (Å²) in [5.74, 6) is -1.01. The number of rotatable bonds is 6. The maximum absolute atomic E-state index is 12.2. The molecule has 0 fully saturated rings. The maximum Gasteiger partial charge on any atom is 0.337 e. The van der Waals surface area contributed by atoms with Crippen molar-refractivity contribution in [3.05, 3.63) is 58.9 Å². The Morgan fingerprint density at radius 3 is 2.54 bits per heavy atom. The SMILES string of the molecule is COC(=O)c1ccc(NC(=O)CCNC(=O)c2ccc3nc(Cl)[nH]c3c2)cc1. The number of imidazole rings is 1. The van der Waals surface area contributed by atoms with Crippen molar-refractivity contribution >= 4 is 46.1 Å². The largest absolute Gasteiger partial charge is 0.465 e. The van der Waals surface area contributed by atoms with Gasteiger partial charge in [0.1, 0.15) is 0 Å². The van der Waals surface area contributed by atoms with Crippen LogP contribution in [-0.2, 0) is 9.53 Å². The Labute approximate surface area is 165 Å². The van der Waals surface area contributed by atoms with Gasteiger partial charge in [-0.05, 0) is 54.1 Å². The number of fused-ring (bicyclic) bond motifs is 1. The van der Waals surface area contributed by atoms with Crippen molar-refractivity contribution in [2.45, 2.75) is 6.42 Å². The molecule has 0 radical (unpaired) electrons. The van der Waals surface area contributed by atoms with E-state index in [9.17, 15) is 14.4 Å². The number of carbonyl (C=O) groups is 3. The molecule has 2 amide bonds. The Morgan fingerprint density at radius 2 is 1.82 bits per heavy atom. The number of H-pyrrole nitrogens is 1. The van der Waals surface area contributed by atoms with E-state index in [1.54, 1.807) is 42.5 Å². The van der Waals surface area contributed by atoms with Crippen LogP contribution in [0.5, 0.6) is 0 Å². The summed E-state index contributed by atoms with van der Waals surface area (Å²) >= 11 is 5.80. The van der Waals surface area contributed by atoms with Crippen LogP contribution in [0.25, 0.3) is 11.0 Å². The molecular weight excluding hydrogens is 384 g/mol. The molecule has 0 atom stereocenters. The van der Waals surface area contributed by atoms with Gasteiger partial charge in [-0.25, -0.2) is 9.78 Å². The number of halogens is 1. The number of nitrogens with one attached hydrogen (secondary N) is 3. The third-order valence-corrected chi connectivity index (χ3v) is 4.12. The highest BCUT2D eigenvalue weighted by atomic mass is 35.5. The van der Waals surface area contributed by atoms with Gasteiger partial charge in [0.25, 0.3) is 5.91 Å². The molecule has 9 heteroatoms. The van der Waals surface area contributed by atoms with Crippen LogP contribution < -0.4 is 10.6 Å².